The fourth-order valence-corrected chi connectivity index (χ4v) is 9.12. The van der Waals surface area contributed by atoms with Crippen LogP contribution in [0.25, 0.3) is 0 Å². The predicted octanol–water partition coefficient (Wildman–Crippen LogP) is -1.75. The topological polar surface area (TPSA) is 381 Å². The van der Waals surface area contributed by atoms with Crippen LogP contribution in [0.4, 0.5) is 0 Å². The van der Waals surface area contributed by atoms with Crippen LogP contribution in [0.3, 0.4) is 0 Å². The van der Waals surface area contributed by atoms with Gasteiger partial charge in [-0.25, -0.2) is 4.68 Å². The quantitative estimate of drug-likeness (QED) is 0.0201. The first kappa shape index (κ1) is 65.7. The summed E-state index contributed by atoms with van der Waals surface area (Å²) in [6.45, 7) is 2.69. The van der Waals surface area contributed by atoms with Crippen molar-refractivity contribution < 1.29 is 69.9 Å². The van der Waals surface area contributed by atoms with Gasteiger partial charge in [-0.05, 0) is 73.5 Å². The average Bonchev–Trinajstić information content (AvgIpc) is 3.98. The van der Waals surface area contributed by atoms with E-state index in [1.165, 1.54) is 4.68 Å². The maximum absolute atomic E-state index is 13.3. The first-order chi connectivity index (χ1) is 39.5. The van der Waals surface area contributed by atoms with Crippen LogP contribution in [-0.4, -0.2) is 178 Å². The van der Waals surface area contributed by atoms with Gasteiger partial charge in [-0.15, -0.1) is 5.10 Å². The highest BCUT2D eigenvalue weighted by Gasteiger charge is 2.33. The van der Waals surface area contributed by atoms with Gasteiger partial charge in [-0.1, -0.05) is 35.5 Å². The summed E-state index contributed by atoms with van der Waals surface area (Å²) in [7, 11) is -3.80. The van der Waals surface area contributed by atoms with Crippen LogP contribution in [0.15, 0.2) is 128 Å². The van der Waals surface area contributed by atoms with Gasteiger partial charge in [0, 0.05) is 158 Å². The summed E-state index contributed by atoms with van der Waals surface area (Å²) in [6.07, 6.45) is 5.06. The van der Waals surface area contributed by atoms with E-state index in [1.54, 1.807) is 43.2 Å². The van der Waals surface area contributed by atoms with Crippen LogP contribution in [0.2, 0.25) is 11.6 Å². The number of ketones is 2. The molecule has 27 heteroatoms. The molecular weight excluding hydrogens is 1060 g/mol. The van der Waals surface area contributed by atoms with E-state index < -0.39 is 87.9 Å². The molecule has 0 aromatic carbocycles. The lowest BCUT2D eigenvalue weighted by Gasteiger charge is -2.28. The van der Waals surface area contributed by atoms with Gasteiger partial charge >= 0.3 is 14.2 Å². The number of pyridine rings is 5. The van der Waals surface area contributed by atoms with E-state index >= 15 is 0 Å². The lowest BCUT2D eigenvalue weighted by atomic mass is 9.65. The van der Waals surface area contributed by atoms with Crippen molar-refractivity contribution in [2.45, 2.75) is 108 Å². The van der Waals surface area contributed by atoms with Crippen molar-refractivity contribution >= 4 is 37.7 Å². The van der Waals surface area contributed by atoms with Crippen molar-refractivity contribution in [1.82, 2.24) is 54.6 Å². The van der Waals surface area contributed by atoms with Gasteiger partial charge in [0.05, 0.1) is 59.1 Å². The molecule has 0 aliphatic rings. The third kappa shape index (κ3) is 24.9. The Hall–Kier alpha value is -7.14. The number of hydrogen-bond acceptors (Lipinski definition) is 24. The molecule has 438 valence electrons. The van der Waals surface area contributed by atoms with Crippen molar-refractivity contribution in [3.63, 3.8) is 0 Å². The summed E-state index contributed by atoms with van der Waals surface area (Å²) >= 11 is 0. The van der Waals surface area contributed by atoms with Crippen LogP contribution in [0, 0.1) is 11.8 Å². The second-order valence-corrected chi connectivity index (χ2v) is 20.1. The van der Waals surface area contributed by atoms with Gasteiger partial charge in [0.15, 0.2) is 5.78 Å². The number of Topliss-reactive ketones (excluding diaryl/α,β-unsaturated/α-hetero) is 2. The number of aliphatic hydroxyl groups is 4. The molecule has 4 unspecified atom stereocenters. The molecule has 0 aliphatic carbocycles. The number of aliphatic carboxylic acids is 2. The van der Waals surface area contributed by atoms with E-state index in [0.717, 1.165) is 28.5 Å². The third-order valence-corrected chi connectivity index (χ3v) is 13.3. The highest BCUT2D eigenvalue weighted by Crippen LogP contribution is 2.28. The van der Waals surface area contributed by atoms with Gasteiger partial charge in [-0.2, -0.15) is 0 Å². The predicted molar refractivity (Wildman–Crippen MR) is 292 cm³/mol. The average molecular weight is 1130 g/mol. The normalized spacial score (nSPS) is 13.6. The smallest absolute Gasteiger partial charge is 0.455 e. The van der Waals surface area contributed by atoms with E-state index in [2.05, 4.69) is 45.0 Å². The Labute approximate surface area is 475 Å². The van der Waals surface area contributed by atoms with Crippen LogP contribution >= 0.6 is 0 Å². The Balaban J connectivity index is 0.000000302. The Morgan fingerprint density at radius 2 is 0.841 bits per heavy atom. The molecule has 0 radical (unpaired) electrons. The molecule has 0 amide bonds. The standard InChI is InChI=1S/C30H40BN5O7.C25H33BN6O7/c37-22-23(29(39)17-30(40)41)15-24(31(42)43)16-28(38)21-36(20-27-9-3-6-12-34-27)14-13-35(18-25-7-1-4-10-32-25)19-26-8-2-5-11-33-26;33-17-18(24(35)11-25(36)37)9-19(26(38)39)10-23(34)16-32-15-22(29-30-32)14-31(12-20-5-1-3-7-27-20)13-21-6-2-4-8-28-21/h1-12,23-24,29,37,39,42-43H,13-22H2,(H,40,41);1-8,15,18-19,24,33,35,38-39H,9-14,16-17H2,(H,36,37)/p-2/t23?,24-,29?;18?,19-,24?/m11/s1. The van der Waals surface area contributed by atoms with E-state index in [4.69, 9.17) is 0 Å². The largest absolute Gasteiger partial charge is 0.550 e. The summed E-state index contributed by atoms with van der Waals surface area (Å²) in [5.74, 6) is -7.62. The van der Waals surface area contributed by atoms with Crippen molar-refractivity contribution in [1.29, 1.82) is 0 Å². The molecule has 6 atom stereocenters. The van der Waals surface area contributed by atoms with Gasteiger partial charge in [0.2, 0.25) is 0 Å². The molecule has 0 aliphatic heterocycles. The van der Waals surface area contributed by atoms with Crippen molar-refractivity contribution in [2.75, 3.05) is 32.8 Å². The third-order valence-electron chi connectivity index (χ3n) is 13.3. The molecule has 6 aromatic heterocycles. The number of carboxylic acid groups (broad SMARTS) is 2. The maximum Gasteiger partial charge on any atom is 0.455 e. The van der Waals surface area contributed by atoms with Crippen molar-refractivity contribution in [3.05, 3.63) is 162 Å². The molecule has 0 saturated carbocycles. The number of aliphatic hydroxyl groups excluding tert-OH is 4. The number of hydrogen-bond donors (Lipinski definition) is 8. The SMILES string of the molecule is O=C([O-])CC(O)C(CO)C[C@H](CC(=O)CN(CCN(Cc1ccccn1)Cc1ccccn1)Cc1ccccn1)B(O)O.O=C([O-])CC(O)C(CO)C[C@H](CC(=O)Cn1cc(CN(Cc2ccccn2)Cc2ccccn2)nn1)B(O)O. The fourth-order valence-electron chi connectivity index (χ4n) is 9.12. The highest BCUT2D eigenvalue weighted by molar-refractivity contribution is 6.44. The Bertz CT molecular complexity index is 2690. The van der Waals surface area contributed by atoms with Crippen molar-refractivity contribution in [3.8, 4) is 0 Å². The molecule has 6 heterocycles. The lowest BCUT2D eigenvalue weighted by molar-refractivity contribution is -0.309. The van der Waals surface area contributed by atoms with Crippen LogP contribution in [0.1, 0.15) is 72.7 Å². The molecule has 6 rings (SSSR count). The van der Waals surface area contributed by atoms with Gasteiger partial charge in [0.25, 0.3) is 0 Å². The molecule has 25 nitrogen and oxygen atoms in total. The zero-order chi connectivity index (χ0) is 59.2. The Morgan fingerprint density at radius 1 is 0.488 bits per heavy atom. The number of rotatable bonds is 37. The van der Waals surface area contributed by atoms with Crippen LogP contribution in [0.5, 0.6) is 0 Å². The molecule has 82 heavy (non-hydrogen) atoms. The van der Waals surface area contributed by atoms with E-state index in [-0.39, 0.29) is 50.3 Å². The minimum Gasteiger partial charge on any atom is -0.550 e. The van der Waals surface area contributed by atoms with E-state index in [0.29, 0.717) is 58.1 Å². The molecule has 0 fully saturated rings. The monoisotopic (exact) mass is 1130 g/mol. The highest BCUT2D eigenvalue weighted by atomic mass is 16.4. The number of carboxylic acids is 2. The molecule has 0 spiro atoms. The summed E-state index contributed by atoms with van der Waals surface area (Å²) < 4.78 is 1.35. The van der Waals surface area contributed by atoms with Gasteiger partial charge in [-0.3, -0.25) is 49.2 Å². The molecule has 0 bridgehead atoms. The summed E-state index contributed by atoms with van der Waals surface area (Å²) in [4.78, 5) is 75.9. The molecule has 0 saturated heterocycles. The molecule has 6 aromatic rings. The molecular formula is C55H71B2N11O14-2. The fraction of sp³-hybridized carbons (Fsp3) is 0.436. The summed E-state index contributed by atoms with van der Waals surface area (Å²) in [5, 5.41) is 109. The second kappa shape index (κ2) is 35.7. The maximum atomic E-state index is 13.3. The zero-order valence-corrected chi connectivity index (χ0v) is 45.4. The second-order valence-electron chi connectivity index (χ2n) is 20.1. The first-order valence-electron chi connectivity index (χ1n) is 26.8. The molecule has 8 N–H and O–H groups in total. The Kier molecular flexibility index (Phi) is 28.6. The van der Waals surface area contributed by atoms with Gasteiger partial charge < -0.3 is 60.3 Å². The zero-order valence-electron chi connectivity index (χ0n) is 45.4. The first-order valence-corrected chi connectivity index (χ1v) is 26.8. The van der Waals surface area contributed by atoms with Crippen LogP contribution < -0.4 is 10.2 Å². The number of aromatic nitrogens is 8. The van der Waals surface area contributed by atoms with Gasteiger partial charge in [0.1, 0.15) is 12.3 Å². The van der Waals surface area contributed by atoms with Crippen LogP contribution in [-0.2, 0) is 65.0 Å². The summed E-state index contributed by atoms with van der Waals surface area (Å²) in [5.41, 5.74) is 4.90. The Morgan fingerprint density at radius 3 is 1.20 bits per heavy atom. The number of nitrogens with zero attached hydrogens (tertiary/aromatic N) is 11. The number of carbonyl (C=O) groups is 4. The van der Waals surface area contributed by atoms with E-state index in [9.17, 15) is 69.9 Å². The minimum atomic E-state index is -1.91. The van der Waals surface area contributed by atoms with Crippen molar-refractivity contribution in [2.24, 2.45) is 11.8 Å². The minimum absolute atomic E-state index is 0.00774. The number of carbonyl (C=O) groups excluding carboxylic acids is 4. The lowest BCUT2D eigenvalue weighted by Crippen LogP contribution is -2.39. The van der Waals surface area contributed by atoms with E-state index in [1.807, 2.05) is 89.8 Å². The summed E-state index contributed by atoms with van der Waals surface area (Å²) in [6, 6.07) is 28.4.